The molecule has 4 amide bonds. The average molecular weight is 370 g/mol. The number of hydrogen-bond acceptors (Lipinski definition) is 4. The number of carbonyl (C=O) groups is 3. The Bertz CT molecular complexity index is 806. The highest BCUT2D eigenvalue weighted by Crippen LogP contribution is 2.16. The first kappa shape index (κ1) is 19.8. The molecule has 8 heteroatoms. The molecule has 0 heterocycles. The van der Waals surface area contributed by atoms with E-state index < -0.39 is 0 Å². The van der Waals surface area contributed by atoms with Gasteiger partial charge >= 0.3 is 6.03 Å². The Hall–Kier alpha value is -3.55. The molecule has 0 bridgehead atoms. The highest BCUT2D eigenvalue weighted by molar-refractivity contribution is 5.95. The number of urea groups is 1. The van der Waals surface area contributed by atoms with Gasteiger partial charge in [0.1, 0.15) is 5.75 Å². The summed E-state index contributed by atoms with van der Waals surface area (Å²) in [7, 11) is 1.55. The first-order valence-corrected chi connectivity index (χ1v) is 8.32. The largest absolute Gasteiger partial charge is 0.497 e. The zero-order valence-corrected chi connectivity index (χ0v) is 15.2. The molecule has 2 aromatic carbocycles. The molecule has 142 valence electrons. The number of benzene rings is 2. The molecule has 0 unspecified atom stereocenters. The van der Waals surface area contributed by atoms with Crippen LogP contribution in [0.4, 0.5) is 16.2 Å². The number of ether oxygens (including phenoxy) is 1. The van der Waals surface area contributed by atoms with Gasteiger partial charge in [-0.3, -0.25) is 9.59 Å². The van der Waals surface area contributed by atoms with Gasteiger partial charge in [-0.05, 0) is 36.4 Å². The van der Waals surface area contributed by atoms with E-state index in [1.54, 1.807) is 55.6 Å². The summed E-state index contributed by atoms with van der Waals surface area (Å²) in [6, 6.07) is 13.1. The molecule has 0 fully saturated rings. The maximum absolute atomic E-state index is 12.0. The molecule has 0 aliphatic carbocycles. The molecule has 0 radical (unpaired) electrons. The number of nitrogens with one attached hydrogen (secondary N) is 4. The third-order valence-corrected chi connectivity index (χ3v) is 3.49. The number of methoxy groups -OCH3 is 1. The Balaban J connectivity index is 1.71. The van der Waals surface area contributed by atoms with E-state index in [0.717, 1.165) is 0 Å². The average Bonchev–Trinajstić information content (AvgIpc) is 2.65. The summed E-state index contributed by atoms with van der Waals surface area (Å²) in [6.45, 7) is 1.96. The zero-order chi connectivity index (χ0) is 19.6. The second-order valence-corrected chi connectivity index (χ2v) is 5.63. The molecular weight excluding hydrogens is 348 g/mol. The first-order valence-electron chi connectivity index (χ1n) is 8.32. The number of hydrogen-bond donors (Lipinski definition) is 4. The first-order chi connectivity index (χ1) is 13.0. The predicted molar refractivity (Wildman–Crippen MR) is 103 cm³/mol. The molecule has 27 heavy (non-hydrogen) atoms. The van der Waals surface area contributed by atoms with Crippen LogP contribution in [0.5, 0.6) is 5.75 Å². The fourth-order valence-corrected chi connectivity index (χ4v) is 2.24. The number of amides is 4. The topological polar surface area (TPSA) is 109 Å². The van der Waals surface area contributed by atoms with Crippen molar-refractivity contribution in [1.82, 2.24) is 10.6 Å². The lowest BCUT2D eigenvalue weighted by molar-refractivity contribution is -0.114. The van der Waals surface area contributed by atoms with E-state index in [9.17, 15) is 14.4 Å². The highest BCUT2D eigenvalue weighted by atomic mass is 16.5. The predicted octanol–water partition coefficient (Wildman–Crippen LogP) is 2.21. The van der Waals surface area contributed by atoms with Crippen molar-refractivity contribution in [2.45, 2.75) is 6.92 Å². The standard InChI is InChI=1S/C19H22N4O4/c1-13(24)22-15-8-6-14(7-9-15)18(25)20-10-11-21-19(26)23-16-4-3-5-17(12-16)27-2/h3-9,12H,10-11H2,1-2H3,(H,20,25)(H,22,24)(H2,21,23,26). The highest BCUT2D eigenvalue weighted by Gasteiger charge is 2.06. The van der Waals surface area contributed by atoms with Crippen LogP contribution in [0.3, 0.4) is 0 Å². The third-order valence-electron chi connectivity index (χ3n) is 3.49. The summed E-state index contributed by atoms with van der Waals surface area (Å²) in [5.74, 6) is 0.203. The zero-order valence-electron chi connectivity index (χ0n) is 15.2. The van der Waals surface area contributed by atoms with E-state index >= 15 is 0 Å². The summed E-state index contributed by atoms with van der Waals surface area (Å²) in [4.78, 5) is 34.9. The molecule has 4 N–H and O–H groups in total. The van der Waals surface area contributed by atoms with Crippen molar-refractivity contribution < 1.29 is 19.1 Å². The van der Waals surface area contributed by atoms with E-state index in [1.807, 2.05) is 0 Å². The summed E-state index contributed by atoms with van der Waals surface area (Å²) in [6.07, 6.45) is 0. The van der Waals surface area contributed by atoms with Crippen LogP contribution < -0.4 is 26.0 Å². The van der Waals surface area contributed by atoms with Crippen LogP contribution in [0.25, 0.3) is 0 Å². The SMILES string of the molecule is COc1cccc(NC(=O)NCCNC(=O)c2ccc(NC(C)=O)cc2)c1. The number of rotatable bonds is 7. The molecule has 0 aromatic heterocycles. The summed E-state index contributed by atoms with van der Waals surface area (Å²) in [5, 5.41) is 10.7. The second kappa shape index (κ2) is 9.81. The fourth-order valence-electron chi connectivity index (χ4n) is 2.24. The van der Waals surface area contributed by atoms with Crippen molar-refractivity contribution in [3.05, 3.63) is 54.1 Å². The number of carbonyl (C=O) groups excluding carboxylic acids is 3. The summed E-state index contributed by atoms with van der Waals surface area (Å²) < 4.78 is 5.09. The molecule has 0 aliphatic heterocycles. The summed E-state index contributed by atoms with van der Waals surface area (Å²) >= 11 is 0. The van der Waals surface area contributed by atoms with E-state index in [2.05, 4.69) is 21.3 Å². The van der Waals surface area contributed by atoms with E-state index in [1.165, 1.54) is 6.92 Å². The van der Waals surface area contributed by atoms with Gasteiger partial charge in [0.05, 0.1) is 7.11 Å². The van der Waals surface area contributed by atoms with Crippen LogP contribution in [0.2, 0.25) is 0 Å². The van der Waals surface area contributed by atoms with Gasteiger partial charge in [-0.2, -0.15) is 0 Å². The Morgan fingerprint density at radius 1 is 0.889 bits per heavy atom. The minimum absolute atomic E-state index is 0.175. The molecule has 2 aromatic rings. The van der Waals surface area contributed by atoms with Crippen LogP contribution in [-0.4, -0.2) is 38.0 Å². The fraction of sp³-hybridized carbons (Fsp3) is 0.211. The third kappa shape index (κ3) is 6.69. The van der Waals surface area contributed by atoms with Crippen molar-refractivity contribution >= 4 is 29.2 Å². The van der Waals surface area contributed by atoms with E-state index in [-0.39, 0.29) is 30.9 Å². The van der Waals surface area contributed by atoms with Gasteiger partial charge in [-0.25, -0.2) is 4.79 Å². The molecule has 0 atom stereocenters. The van der Waals surface area contributed by atoms with Crippen LogP contribution in [-0.2, 0) is 4.79 Å². The lowest BCUT2D eigenvalue weighted by Crippen LogP contribution is -2.36. The second-order valence-electron chi connectivity index (χ2n) is 5.63. The smallest absolute Gasteiger partial charge is 0.319 e. The van der Waals surface area contributed by atoms with E-state index in [0.29, 0.717) is 22.7 Å². The van der Waals surface area contributed by atoms with Gasteiger partial charge in [0.25, 0.3) is 5.91 Å². The lowest BCUT2D eigenvalue weighted by atomic mass is 10.2. The maximum Gasteiger partial charge on any atom is 0.319 e. The van der Waals surface area contributed by atoms with Crippen LogP contribution in [0, 0.1) is 0 Å². The van der Waals surface area contributed by atoms with Crippen molar-refractivity contribution in [2.75, 3.05) is 30.8 Å². The van der Waals surface area contributed by atoms with Gasteiger partial charge in [0.15, 0.2) is 0 Å². The van der Waals surface area contributed by atoms with E-state index in [4.69, 9.17) is 4.74 Å². The number of anilines is 2. The Morgan fingerprint density at radius 2 is 1.59 bits per heavy atom. The molecular formula is C19H22N4O4. The van der Waals surface area contributed by atoms with Gasteiger partial charge in [0.2, 0.25) is 5.91 Å². The monoisotopic (exact) mass is 370 g/mol. The van der Waals surface area contributed by atoms with Crippen molar-refractivity contribution in [3.8, 4) is 5.75 Å². The van der Waals surface area contributed by atoms with Gasteiger partial charge in [-0.1, -0.05) is 6.07 Å². The minimum Gasteiger partial charge on any atom is -0.497 e. The summed E-state index contributed by atoms with van der Waals surface area (Å²) in [5.41, 5.74) is 1.69. The molecule has 0 saturated carbocycles. The molecule has 0 aliphatic rings. The van der Waals surface area contributed by atoms with Crippen LogP contribution in [0.15, 0.2) is 48.5 Å². The van der Waals surface area contributed by atoms with Gasteiger partial charge in [0, 0.05) is 43.0 Å². The van der Waals surface area contributed by atoms with Crippen LogP contribution >= 0.6 is 0 Å². The molecule has 8 nitrogen and oxygen atoms in total. The van der Waals surface area contributed by atoms with Crippen molar-refractivity contribution in [1.29, 1.82) is 0 Å². The van der Waals surface area contributed by atoms with Crippen LogP contribution in [0.1, 0.15) is 17.3 Å². The molecule has 0 spiro atoms. The minimum atomic E-state index is -0.378. The van der Waals surface area contributed by atoms with Crippen molar-refractivity contribution in [3.63, 3.8) is 0 Å². The van der Waals surface area contributed by atoms with Gasteiger partial charge < -0.3 is 26.0 Å². The molecule has 2 rings (SSSR count). The molecule has 0 saturated heterocycles. The Kier molecular flexibility index (Phi) is 7.18. The normalized spacial score (nSPS) is 9.85. The Morgan fingerprint density at radius 3 is 2.26 bits per heavy atom. The Labute approximate surface area is 157 Å². The van der Waals surface area contributed by atoms with Gasteiger partial charge in [-0.15, -0.1) is 0 Å². The quantitative estimate of drug-likeness (QED) is 0.560. The maximum atomic E-state index is 12.0. The van der Waals surface area contributed by atoms with Crippen molar-refractivity contribution in [2.24, 2.45) is 0 Å². The lowest BCUT2D eigenvalue weighted by Gasteiger charge is -2.10.